The highest BCUT2D eigenvalue weighted by molar-refractivity contribution is 5.83. The number of carbonyl (C=O) groups excluding carboxylic acids is 1. The van der Waals surface area contributed by atoms with Gasteiger partial charge in [-0.25, -0.2) is 5.06 Å². The number of hydrogen-bond acceptors (Lipinski definition) is 6. The van der Waals surface area contributed by atoms with Crippen molar-refractivity contribution in [3.63, 3.8) is 0 Å². The first-order valence-electron chi connectivity index (χ1n) is 4.17. The fourth-order valence-corrected chi connectivity index (χ4v) is 0.781. The van der Waals surface area contributed by atoms with Gasteiger partial charge in [-0.2, -0.15) is 0 Å². The second-order valence-corrected chi connectivity index (χ2v) is 2.83. The molecular formula is C7H12N2O7. The van der Waals surface area contributed by atoms with Crippen molar-refractivity contribution in [3.8, 4) is 0 Å². The Labute approximate surface area is 89.9 Å². The van der Waals surface area contributed by atoms with Gasteiger partial charge in [0.1, 0.15) is 12.6 Å². The molecule has 0 aliphatic rings. The molecule has 9 nitrogen and oxygen atoms in total. The van der Waals surface area contributed by atoms with Gasteiger partial charge >= 0.3 is 11.9 Å². The topological polar surface area (TPSA) is 147 Å². The molecule has 0 aliphatic heterocycles. The molecule has 9 heteroatoms. The molecule has 0 heterocycles. The largest absolute Gasteiger partial charge is 0.480 e. The molecule has 1 unspecified atom stereocenters. The second kappa shape index (κ2) is 6.71. The van der Waals surface area contributed by atoms with Crippen molar-refractivity contribution < 1.29 is 34.9 Å². The van der Waals surface area contributed by atoms with Crippen LogP contribution in [0, 0.1) is 0 Å². The molecule has 0 aromatic carbocycles. The zero-order chi connectivity index (χ0) is 12.7. The molecule has 1 amide bonds. The number of aliphatic hydroxyl groups is 1. The highest BCUT2D eigenvalue weighted by atomic mass is 16.5. The van der Waals surface area contributed by atoms with Crippen LogP contribution in [0.4, 0.5) is 0 Å². The van der Waals surface area contributed by atoms with Crippen LogP contribution in [-0.2, 0) is 14.4 Å². The SMILES string of the molecule is O=C(O)CNCC(O)C(=O)N(O)CC(=O)O. The number of rotatable bonds is 7. The Bertz CT molecular complexity index is 280. The van der Waals surface area contributed by atoms with Crippen LogP contribution in [0.2, 0.25) is 0 Å². The van der Waals surface area contributed by atoms with Gasteiger partial charge in [0, 0.05) is 6.54 Å². The van der Waals surface area contributed by atoms with E-state index in [-0.39, 0.29) is 5.06 Å². The maximum atomic E-state index is 11.0. The second-order valence-electron chi connectivity index (χ2n) is 2.83. The number of nitrogens with zero attached hydrogens (tertiary/aromatic N) is 1. The van der Waals surface area contributed by atoms with Crippen molar-refractivity contribution in [1.82, 2.24) is 10.4 Å². The lowest BCUT2D eigenvalue weighted by atomic mass is 10.3. The van der Waals surface area contributed by atoms with Gasteiger partial charge in [-0.1, -0.05) is 0 Å². The Balaban J connectivity index is 3.97. The van der Waals surface area contributed by atoms with E-state index < -0.39 is 43.6 Å². The minimum Gasteiger partial charge on any atom is -0.480 e. The van der Waals surface area contributed by atoms with E-state index in [1.54, 1.807) is 0 Å². The molecule has 0 bridgehead atoms. The fourth-order valence-electron chi connectivity index (χ4n) is 0.781. The third kappa shape index (κ3) is 5.90. The van der Waals surface area contributed by atoms with Crippen LogP contribution in [0.1, 0.15) is 0 Å². The van der Waals surface area contributed by atoms with Gasteiger partial charge < -0.3 is 20.6 Å². The summed E-state index contributed by atoms with van der Waals surface area (Å²) in [5.41, 5.74) is 0. The third-order valence-corrected chi connectivity index (χ3v) is 1.44. The van der Waals surface area contributed by atoms with Crippen LogP contribution in [0.25, 0.3) is 0 Å². The van der Waals surface area contributed by atoms with Gasteiger partial charge in [-0.3, -0.25) is 19.6 Å². The predicted octanol–water partition coefficient (Wildman–Crippen LogP) is -2.68. The lowest BCUT2D eigenvalue weighted by Crippen LogP contribution is -2.44. The summed E-state index contributed by atoms with van der Waals surface area (Å²) in [6, 6.07) is 0. The van der Waals surface area contributed by atoms with Crippen LogP contribution in [-0.4, -0.2) is 69.2 Å². The van der Waals surface area contributed by atoms with E-state index in [0.29, 0.717) is 0 Å². The number of hydroxylamine groups is 2. The number of nitrogens with one attached hydrogen (secondary N) is 1. The van der Waals surface area contributed by atoms with Crippen LogP contribution >= 0.6 is 0 Å². The maximum absolute atomic E-state index is 11.0. The van der Waals surface area contributed by atoms with Crippen LogP contribution < -0.4 is 5.32 Å². The van der Waals surface area contributed by atoms with Crippen LogP contribution in [0.15, 0.2) is 0 Å². The van der Waals surface area contributed by atoms with Crippen molar-refractivity contribution in [2.24, 2.45) is 0 Å². The smallest absolute Gasteiger partial charge is 0.325 e. The number of carbonyl (C=O) groups is 3. The monoisotopic (exact) mass is 236 g/mol. The number of amides is 1. The molecule has 16 heavy (non-hydrogen) atoms. The van der Waals surface area contributed by atoms with Crippen LogP contribution in [0.5, 0.6) is 0 Å². The molecule has 1 atom stereocenters. The van der Waals surface area contributed by atoms with Crippen molar-refractivity contribution in [2.45, 2.75) is 6.10 Å². The van der Waals surface area contributed by atoms with Crippen molar-refractivity contribution in [2.75, 3.05) is 19.6 Å². The lowest BCUT2D eigenvalue weighted by Gasteiger charge is -2.16. The van der Waals surface area contributed by atoms with Gasteiger partial charge in [-0.05, 0) is 0 Å². The number of aliphatic carboxylic acids is 2. The van der Waals surface area contributed by atoms with Crippen LogP contribution in [0.3, 0.4) is 0 Å². The molecule has 0 fully saturated rings. The van der Waals surface area contributed by atoms with Gasteiger partial charge in [0.15, 0.2) is 0 Å². The summed E-state index contributed by atoms with van der Waals surface area (Å²) in [6.07, 6.45) is -1.70. The first-order chi connectivity index (χ1) is 7.34. The molecule has 0 aliphatic carbocycles. The molecule has 0 aromatic rings. The zero-order valence-electron chi connectivity index (χ0n) is 8.16. The average Bonchev–Trinajstić information content (AvgIpc) is 2.14. The summed E-state index contributed by atoms with van der Waals surface area (Å²) < 4.78 is 0. The van der Waals surface area contributed by atoms with E-state index in [2.05, 4.69) is 5.32 Å². The van der Waals surface area contributed by atoms with E-state index in [1.807, 2.05) is 0 Å². The van der Waals surface area contributed by atoms with Crippen molar-refractivity contribution in [1.29, 1.82) is 0 Å². The minimum atomic E-state index is -1.70. The number of aliphatic hydroxyl groups excluding tert-OH is 1. The molecular weight excluding hydrogens is 224 g/mol. The Morgan fingerprint density at radius 3 is 2.19 bits per heavy atom. The summed E-state index contributed by atoms with van der Waals surface area (Å²) in [5, 5.41) is 36.5. The first-order valence-corrected chi connectivity index (χ1v) is 4.17. The molecule has 0 saturated heterocycles. The zero-order valence-corrected chi connectivity index (χ0v) is 8.16. The van der Waals surface area contributed by atoms with Gasteiger partial charge in [0.25, 0.3) is 5.91 Å². The third-order valence-electron chi connectivity index (χ3n) is 1.44. The summed E-state index contributed by atoms with van der Waals surface area (Å²) >= 11 is 0. The van der Waals surface area contributed by atoms with E-state index in [1.165, 1.54) is 0 Å². The standard InChI is InChI=1S/C7H12N2O7/c10-4(1-8-2-5(11)12)7(15)9(16)3-6(13)14/h4,8,10,16H,1-3H2,(H,11,12)(H,13,14). The quantitative estimate of drug-likeness (QED) is 0.237. The minimum absolute atomic E-state index is 0.157. The van der Waals surface area contributed by atoms with Gasteiger partial charge in [0.2, 0.25) is 0 Å². The highest BCUT2D eigenvalue weighted by Crippen LogP contribution is 1.91. The molecule has 0 spiro atoms. The molecule has 0 radical (unpaired) electrons. The number of hydrogen-bond donors (Lipinski definition) is 5. The summed E-state index contributed by atoms with van der Waals surface area (Å²) in [6.45, 7) is -1.83. The van der Waals surface area contributed by atoms with E-state index in [4.69, 9.17) is 20.5 Å². The average molecular weight is 236 g/mol. The molecule has 5 N–H and O–H groups in total. The Kier molecular flexibility index (Phi) is 6.00. The molecule has 0 aromatic heterocycles. The highest BCUT2D eigenvalue weighted by Gasteiger charge is 2.22. The van der Waals surface area contributed by atoms with E-state index >= 15 is 0 Å². The maximum Gasteiger partial charge on any atom is 0.325 e. The lowest BCUT2D eigenvalue weighted by molar-refractivity contribution is -0.180. The fraction of sp³-hybridized carbons (Fsp3) is 0.571. The van der Waals surface area contributed by atoms with E-state index in [0.717, 1.165) is 0 Å². The van der Waals surface area contributed by atoms with Gasteiger partial charge in [0.05, 0.1) is 6.54 Å². The van der Waals surface area contributed by atoms with Crippen molar-refractivity contribution >= 4 is 17.8 Å². The number of carboxylic acid groups (broad SMARTS) is 2. The Morgan fingerprint density at radius 1 is 1.19 bits per heavy atom. The Hall–Kier alpha value is -1.71. The van der Waals surface area contributed by atoms with Crippen molar-refractivity contribution in [3.05, 3.63) is 0 Å². The Morgan fingerprint density at radius 2 is 1.75 bits per heavy atom. The van der Waals surface area contributed by atoms with Gasteiger partial charge in [-0.15, -0.1) is 0 Å². The summed E-state index contributed by atoms with van der Waals surface area (Å²) in [4.78, 5) is 31.2. The summed E-state index contributed by atoms with van der Waals surface area (Å²) in [5.74, 6) is -3.84. The predicted molar refractivity (Wildman–Crippen MR) is 47.6 cm³/mol. The summed E-state index contributed by atoms with van der Waals surface area (Å²) in [7, 11) is 0. The molecule has 0 rings (SSSR count). The normalized spacial score (nSPS) is 11.9. The van der Waals surface area contributed by atoms with E-state index in [9.17, 15) is 14.4 Å². The first kappa shape index (κ1) is 14.3. The molecule has 92 valence electrons. The number of carboxylic acids is 2. The molecule has 0 saturated carbocycles.